The summed E-state index contributed by atoms with van der Waals surface area (Å²) in [5, 5.41) is 48.9. The Kier molecular flexibility index (Phi) is 34.6. The fourth-order valence-electron chi connectivity index (χ4n) is 16.6. The standard InChI is InChI=1S/C30H27ClF4N2O4S.C21H16ClF4NO2.C20H14ClF4NO2.C18H12ClF4NO2.C10H15NO3S.C3H7BO2/c1-2-42(40,41)23-9-4-17(5-10-23)27(16-38)36-29(39)24-13-19-12-22(37(21-7-8-21)28(19)15-26(24)32)11-18-3-6-20(31)14-25(18)30(33,34)35;1-29-20(28)16-8-12-7-15(27(14-4-5-14)19(12)10-18(16)23)6-11-2-3-13(22)9-17(11)21(24,25)26;21-12-2-1-10(16(8-12)20(23,24)25)5-14-6-11-7-15(19(27)28)17(22)9-18(11)26(14)13-3-4-13;1-26-17(25)13-6-10-5-12(24-16(10)8-15(13)20)4-9-2-3-11(19)7-14(9)18(21,22)23;1-2-15(13,14)9-5-3-8(4-6-9)10(11)7-12;5-4(6)3-1-2-3/h3-6,9-10,12-15,21,27,38H,2,7-8,11,16H2,1H3,(H,36,39);2-3,7-10,14H,4-6H2,1H3;1-2,6-9,13H,3-5H2,(H,27,28);2-3,5-8,24H,4H2,1H3;3-6,10,12H,2,7,11H2,1H3;3,5-6H,1-2H2/t27-;;;;10-;/m0...0./s1. The molecule has 4 saturated carbocycles. The number of fused-ring (bicyclic) bond motifs is 4. The van der Waals surface area contributed by atoms with Gasteiger partial charge in [0.15, 0.2) is 19.7 Å². The molecule has 1 amide bonds. The zero-order valence-corrected chi connectivity index (χ0v) is 82.1. The molecule has 18 rings (SSSR count). The Balaban J connectivity index is 0.000000155. The summed E-state index contributed by atoms with van der Waals surface area (Å²) in [4.78, 5) is 50.9. The van der Waals surface area contributed by atoms with Crippen LogP contribution >= 0.6 is 46.4 Å². The van der Waals surface area contributed by atoms with E-state index in [-0.39, 0.29) is 132 Å². The minimum Gasteiger partial charge on any atom is -0.478 e. The minimum atomic E-state index is -4.61. The number of hydrogen-bond acceptors (Lipinski definition) is 15. The molecule has 2 atom stereocenters. The zero-order valence-electron chi connectivity index (χ0n) is 77.4. The maximum absolute atomic E-state index is 15.3. The third kappa shape index (κ3) is 27.0. The minimum absolute atomic E-state index is 0.00632. The summed E-state index contributed by atoms with van der Waals surface area (Å²) in [7, 11) is -5.33. The normalized spacial score (nSPS) is 14.3. The predicted octanol–water partition coefficient (Wildman–Crippen LogP) is 24.3. The van der Waals surface area contributed by atoms with Gasteiger partial charge in [-0.15, -0.1) is 0 Å². The molecule has 0 unspecified atom stereocenters. The third-order valence-electron chi connectivity index (χ3n) is 24.6. The van der Waals surface area contributed by atoms with Gasteiger partial charge in [-0.1, -0.05) is 122 Å². The Bertz CT molecular complexity index is 7490. The van der Waals surface area contributed by atoms with Crippen LogP contribution in [0.5, 0.6) is 0 Å². The molecule has 10 aromatic carbocycles. The number of amides is 1. The number of alkyl halides is 12. The molecule has 774 valence electrons. The maximum Gasteiger partial charge on any atom is 0.454 e. The van der Waals surface area contributed by atoms with Crippen molar-refractivity contribution in [2.75, 3.05) is 38.9 Å². The highest BCUT2D eigenvalue weighted by Crippen LogP contribution is 2.48. The number of methoxy groups -OCH3 is 2. The third-order valence-corrected chi connectivity index (χ3v) is 29.1. The first-order chi connectivity index (χ1) is 68.6. The van der Waals surface area contributed by atoms with Crippen LogP contribution in [0.2, 0.25) is 25.9 Å². The molecule has 21 nitrogen and oxygen atoms in total. The van der Waals surface area contributed by atoms with Gasteiger partial charge >= 0.3 is 49.7 Å². The Morgan fingerprint density at radius 3 is 1.06 bits per heavy atom. The number of aliphatic hydroxyl groups is 2. The van der Waals surface area contributed by atoms with Crippen molar-refractivity contribution < 1.29 is 141 Å². The van der Waals surface area contributed by atoms with Gasteiger partial charge in [-0.3, -0.25) is 4.79 Å². The molecule has 4 aromatic heterocycles. The van der Waals surface area contributed by atoms with Gasteiger partial charge in [-0.25, -0.2) is 48.8 Å². The van der Waals surface area contributed by atoms with Crippen LogP contribution in [0.4, 0.5) is 70.2 Å². The number of carboxylic acids is 1. The van der Waals surface area contributed by atoms with E-state index in [1.165, 1.54) is 128 Å². The lowest BCUT2D eigenvalue weighted by Gasteiger charge is -2.18. The molecule has 44 heteroatoms. The van der Waals surface area contributed by atoms with Crippen molar-refractivity contribution in [1.82, 2.24) is 24.0 Å². The number of aliphatic hydroxyl groups excluding tert-OH is 2. The highest BCUT2D eigenvalue weighted by Gasteiger charge is 2.41. The van der Waals surface area contributed by atoms with Gasteiger partial charge in [-0.05, 0) is 223 Å². The lowest BCUT2D eigenvalue weighted by atomic mass is 9.84. The number of esters is 2. The molecular formula is C102H91BCl4F16N6O15S2. The van der Waals surface area contributed by atoms with Crippen LogP contribution in [0.1, 0.15) is 215 Å². The first kappa shape index (κ1) is 111. The molecule has 14 aromatic rings. The number of carboxylic acid groups (broad SMARTS) is 1. The number of benzene rings is 10. The number of sulfone groups is 2. The van der Waals surface area contributed by atoms with Crippen LogP contribution < -0.4 is 11.1 Å². The lowest BCUT2D eigenvalue weighted by Crippen LogP contribution is -2.31. The van der Waals surface area contributed by atoms with Crippen LogP contribution in [0.15, 0.2) is 204 Å². The average Bonchev–Trinajstić information content (AvgIpc) is 1.60. The quantitative estimate of drug-likeness (QED) is 0.0150. The first-order valence-corrected chi connectivity index (χ1v) is 49.9. The predicted molar refractivity (Wildman–Crippen MR) is 518 cm³/mol. The number of nitrogens with two attached hydrogens (primary N) is 1. The molecule has 4 aliphatic rings. The van der Waals surface area contributed by atoms with Crippen LogP contribution in [0.3, 0.4) is 0 Å². The molecule has 0 aliphatic heterocycles. The number of aromatic carboxylic acids is 1. The number of aromatic amines is 1. The van der Waals surface area contributed by atoms with Crippen molar-refractivity contribution >= 4 is 141 Å². The second kappa shape index (κ2) is 45.4. The Morgan fingerprint density at radius 2 is 0.753 bits per heavy atom. The fraction of sp³-hybridized carbons (Fsp3) is 0.294. The summed E-state index contributed by atoms with van der Waals surface area (Å²) >= 11 is 23.0. The lowest BCUT2D eigenvalue weighted by molar-refractivity contribution is -0.139. The number of aromatic nitrogens is 4. The molecule has 4 heterocycles. The van der Waals surface area contributed by atoms with Gasteiger partial charge in [-0.2, -0.15) is 52.7 Å². The van der Waals surface area contributed by atoms with Gasteiger partial charge < -0.3 is 64.6 Å². The summed E-state index contributed by atoms with van der Waals surface area (Å²) in [5.41, 5.74) is 6.51. The number of halogens is 20. The molecule has 9 N–H and O–H groups in total. The van der Waals surface area contributed by atoms with E-state index in [1.807, 2.05) is 13.7 Å². The van der Waals surface area contributed by atoms with E-state index in [9.17, 15) is 107 Å². The van der Waals surface area contributed by atoms with E-state index in [4.69, 9.17) is 72.4 Å². The Hall–Kier alpha value is -12.0. The number of ether oxygens (including phenoxy) is 2. The number of nitrogens with one attached hydrogen (secondary N) is 2. The second-order valence-corrected chi connectivity index (χ2v) is 41.3. The van der Waals surface area contributed by atoms with E-state index in [0.29, 0.717) is 76.8 Å². The number of carbonyl (C=O) groups is 4. The largest absolute Gasteiger partial charge is 0.478 e. The number of nitrogens with zero attached hydrogens (tertiary/aromatic N) is 3. The van der Waals surface area contributed by atoms with E-state index in [1.54, 1.807) is 43.3 Å². The van der Waals surface area contributed by atoms with Crippen molar-refractivity contribution in [3.8, 4) is 0 Å². The highest BCUT2D eigenvalue weighted by molar-refractivity contribution is 7.91. The summed E-state index contributed by atoms with van der Waals surface area (Å²) < 4.78 is 281. The summed E-state index contributed by atoms with van der Waals surface area (Å²) in [6, 6.07) is 41.8. The Morgan fingerprint density at radius 1 is 0.432 bits per heavy atom. The van der Waals surface area contributed by atoms with Gasteiger partial charge in [0.1, 0.15) is 23.3 Å². The van der Waals surface area contributed by atoms with Crippen molar-refractivity contribution in [2.45, 2.75) is 161 Å². The monoisotopic (exact) mass is 2160 g/mol. The highest BCUT2D eigenvalue weighted by atomic mass is 35.5. The maximum atomic E-state index is 15.3. The average molecular weight is 2160 g/mol. The van der Waals surface area contributed by atoms with Crippen LogP contribution in [0, 0.1) is 23.3 Å². The van der Waals surface area contributed by atoms with Gasteiger partial charge in [0.2, 0.25) is 0 Å². The van der Waals surface area contributed by atoms with Crippen molar-refractivity contribution in [1.29, 1.82) is 0 Å². The van der Waals surface area contributed by atoms with Crippen LogP contribution in [-0.2, 0) is 79.5 Å². The van der Waals surface area contributed by atoms with Crippen molar-refractivity contribution in [3.05, 3.63) is 338 Å². The van der Waals surface area contributed by atoms with E-state index >= 15 is 4.39 Å². The van der Waals surface area contributed by atoms with E-state index in [0.717, 1.165) is 108 Å². The fourth-order valence-corrected chi connectivity index (χ4v) is 19.1. The number of hydrogen-bond donors (Lipinski definition) is 8. The molecule has 0 saturated heterocycles. The van der Waals surface area contributed by atoms with E-state index < -0.39 is 145 Å². The summed E-state index contributed by atoms with van der Waals surface area (Å²) in [6.45, 7) is 2.44. The van der Waals surface area contributed by atoms with Gasteiger partial charge in [0, 0.05) is 114 Å². The topological polar surface area (TPSA) is 325 Å². The van der Waals surface area contributed by atoms with Crippen LogP contribution in [0.25, 0.3) is 43.6 Å². The number of rotatable bonds is 25. The first-order valence-electron chi connectivity index (χ1n) is 45.1. The zero-order chi connectivity index (χ0) is 107. The van der Waals surface area contributed by atoms with E-state index in [2.05, 4.69) is 19.8 Å². The molecule has 0 bridgehead atoms. The summed E-state index contributed by atoms with van der Waals surface area (Å²) in [5.74, 6) is -6.81. The summed E-state index contributed by atoms with van der Waals surface area (Å²) in [6.07, 6.45) is -11.4. The molecule has 146 heavy (non-hydrogen) atoms. The number of carbonyl (C=O) groups excluding carboxylic acids is 3. The Labute approximate surface area is 844 Å². The number of H-pyrrole nitrogens is 1. The SMILES string of the molecule is CCS(=O)(=O)c1ccc([C@@H](N)CO)cc1.CCS(=O)(=O)c1ccc([C@H](CO)NC(=O)c2cc3cc(Cc4ccc(Cl)cc4C(F)(F)F)n(C4CC4)c3cc2F)cc1.COC(=O)c1cc2cc(Cc3ccc(Cl)cc3C(F)(F)F)[nH]c2cc1F.COC(=O)c1cc2cc(Cc3ccc(Cl)cc3C(F)(F)F)n(C3CC3)c2cc1F.O=C(O)c1cc2cc(Cc3ccc(Cl)cc3C(F)(F)F)n(C3CC3)c2cc1F.OB(O)C1CC1. The molecule has 4 fully saturated rings. The van der Waals surface area contributed by atoms with Gasteiger partial charge in [0.05, 0.1) is 122 Å². The molecule has 0 spiro atoms. The van der Waals surface area contributed by atoms with Crippen LogP contribution in [-0.4, -0.2) is 131 Å². The molecule has 4 aliphatic carbocycles. The van der Waals surface area contributed by atoms with Gasteiger partial charge in [0.25, 0.3) is 5.91 Å². The smallest absolute Gasteiger partial charge is 0.454 e. The second-order valence-electron chi connectivity index (χ2n) is 35.0. The molecule has 0 radical (unpaired) electrons. The van der Waals surface area contributed by atoms with Crippen molar-refractivity contribution in [2.24, 2.45) is 5.73 Å². The molecular weight excluding hydrogens is 2070 g/mol. The van der Waals surface area contributed by atoms with Crippen molar-refractivity contribution in [3.63, 3.8) is 0 Å².